The van der Waals surface area contributed by atoms with E-state index in [1.54, 1.807) is 6.07 Å². The van der Waals surface area contributed by atoms with Gasteiger partial charge < -0.3 is 5.84 Å². The van der Waals surface area contributed by atoms with Crippen molar-refractivity contribution in [3.63, 3.8) is 0 Å². The summed E-state index contributed by atoms with van der Waals surface area (Å²) >= 11 is 0.876. The molecule has 0 amide bonds. The van der Waals surface area contributed by atoms with E-state index in [2.05, 4.69) is 10.2 Å². The van der Waals surface area contributed by atoms with Crippen molar-refractivity contribution < 1.29 is 17.6 Å². The zero-order valence-corrected chi connectivity index (χ0v) is 10.2. The van der Waals surface area contributed by atoms with E-state index in [1.165, 1.54) is 18.2 Å². The number of hydrogen-bond donors (Lipinski definition) is 1. The predicted molar refractivity (Wildman–Crippen MR) is 61.1 cm³/mol. The van der Waals surface area contributed by atoms with Crippen LogP contribution in [0.3, 0.4) is 0 Å². The van der Waals surface area contributed by atoms with Crippen molar-refractivity contribution in [2.24, 2.45) is 0 Å². The second-order valence-corrected chi connectivity index (χ2v) is 4.50. The van der Waals surface area contributed by atoms with Crippen LogP contribution >= 0.6 is 11.8 Å². The van der Waals surface area contributed by atoms with E-state index < -0.39 is 17.8 Å². The van der Waals surface area contributed by atoms with Crippen LogP contribution in [-0.2, 0) is 11.9 Å². The molecule has 2 rings (SSSR count). The molecule has 0 aliphatic heterocycles. The molecule has 0 unspecified atom stereocenters. The van der Waals surface area contributed by atoms with Gasteiger partial charge in [0.2, 0.25) is 5.16 Å². The van der Waals surface area contributed by atoms with Gasteiger partial charge in [-0.25, -0.2) is 9.07 Å². The van der Waals surface area contributed by atoms with E-state index in [9.17, 15) is 17.6 Å². The zero-order valence-electron chi connectivity index (χ0n) is 9.36. The fourth-order valence-corrected chi connectivity index (χ4v) is 2.17. The lowest BCUT2D eigenvalue weighted by atomic mass is 10.2. The molecule has 1 aromatic heterocycles. The summed E-state index contributed by atoms with van der Waals surface area (Å²) in [6.07, 6.45) is -4.67. The Morgan fingerprint density at radius 1 is 1.21 bits per heavy atom. The van der Waals surface area contributed by atoms with Gasteiger partial charge in [-0.1, -0.05) is 30.0 Å². The number of rotatable bonds is 3. The van der Waals surface area contributed by atoms with Crippen molar-refractivity contribution >= 4 is 11.8 Å². The standard InChI is InChI=1S/C10H8F4N4S/c11-7-4-2-1-3-6(7)5-19-9-17-16-8(18(9)15)10(12,13)14/h1-4H,5,15H2. The molecular formula is C10H8F4N4S. The molecule has 19 heavy (non-hydrogen) atoms. The third-order valence-electron chi connectivity index (χ3n) is 2.23. The Morgan fingerprint density at radius 3 is 2.47 bits per heavy atom. The molecule has 0 saturated heterocycles. The lowest BCUT2D eigenvalue weighted by Gasteiger charge is -2.06. The third kappa shape index (κ3) is 2.98. The highest BCUT2D eigenvalue weighted by molar-refractivity contribution is 7.98. The summed E-state index contributed by atoms with van der Waals surface area (Å²) in [6.45, 7) is 0. The summed E-state index contributed by atoms with van der Waals surface area (Å²) in [7, 11) is 0. The maximum atomic E-state index is 13.3. The number of nitrogens with two attached hydrogens (primary N) is 1. The Kier molecular flexibility index (Phi) is 3.65. The number of nitrogen functional groups attached to an aromatic ring is 1. The number of aromatic nitrogens is 3. The first kappa shape index (κ1) is 13.7. The first-order chi connectivity index (χ1) is 8.89. The number of benzene rings is 1. The van der Waals surface area contributed by atoms with E-state index in [0.29, 0.717) is 10.2 Å². The van der Waals surface area contributed by atoms with Crippen LogP contribution in [-0.4, -0.2) is 14.9 Å². The van der Waals surface area contributed by atoms with Gasteiger partial charge >= 0.3 is 6.18 Å². The average Bonchev–Trinajstić information content (AvgIpc) is 2.69. The summed E-state index contributed by atoms with van der Waals surface area (Å²) < 4.78 is 50.9. The van der Waals surface area contributed by atoms with E-state index in [1.807, 2.05) is 0 Å². The SMILES string of the molecule is Nn1c(SCc2ccccc2F)nnc1C(F)(F)F. The van der Waals surface area contributed by atoms with Crippen LogP contribution in [0.15, 0.2) is 29.4 Å². The van der Waals surface area contributed by atoms with Crippen molar-refractivity contribution in [1.29, 1.82) is 0 Å². The monoisotopic (exact) mass is 292 g/mol. The Bertz CT molecular complexity index is 581. The molecule has 2 aromatic rings. The van der Waals surface area contributed by atoms with Gasteiger partial charge in [-0.2, -0.15) is 13.2 Å². The van der Waals surface area contributed by atoms with Gasteiger partial charge in [0.15, 0.2) is 0 Å². The molecule has 0 saturated carbocycles. The molecule has 1 heterocycles. The predicted octanol–water partition coefficient (Wildman–Crippen LogP) is 2.44. The van der Waals surface area contributed by atoms with Crippen molar-refractivity contribution in [2.45, 2.75) is 17.1 Å². The zero-order chi connectivity index (χ0) is 14.0. The number of hydrogen-bond acceptors (Lipinski definition) is 4. The number of halogens is 4. The molecule has 0 aliphatic rings. The van der Waals surface area contributed by atoms with Gasteiger partial charge in [-0.3, -0.25) is 0 Å². The molecule has 1 aromatic carbocycles. The van der Waals surface area contributed by atoms with Crippen LogP contribution in [0, 0.1) is 5.82 Å². The number of alkyl halides is 3. The smallest absolute Gasteiger partial charge is 0.335 e. The first-order valence-electron chi connectivity index (χ1n) is 5.03. The molecule has 102 valence electrons. The summed E-state index contributed by atoms with van der Waals surface area (Å²) in [4.78, 5) is 0. The molecule has 0 radical (unpaired) electrons. The van der Waals surface area contributed by atoms with E-state index >= 15 is 0 Å². The molecule has 0 aliphatic carbocycles. The number of thioether (sulfide) groups is 1. The van der Waals surface area contributed by atoms with Crippen LogP contribution in [0.25, 0.3) is 0 Å². The van der Waals surface area contributed by atoms with Crippen LogP contribution < -0.4 is 5.84 Å². The van der Waals surface area contributed by atoms with Crippen LogP contribution in [0.5, 0.6) is 0 Å². The highest BCUT2D eigenvalue weighted by atomic mass is 32.2. The minimum Gasteiger partial charge on any atom is -0.335 e. The van der Waals surface area contributed by atoms with E-state index in [4.69, 9.17) is 5.84 Å². The minimum absolute atomic E-state index is 0.111. The Hall–Kier alpha value is -1.77. The number of nitrogens with zero attached hydrogens (tertiary/aromatic N) is 3. The van der Waals surface area contributed by atoms with Gasteiger partial charge in [0.25, 0.3) is 5.82 Å². The molecule has 0 bridgehead atoms. The van der Waals surface area contributed by atoms with Gasteiger partial charge in [0.05, 0.1) is 0 Å². The molecule has 0 atom stereocenters. The average molecular weight is 292 g/mol. The second kappa shape index (κ2) is 5.08. The third-order valence-corrected chi connectivity index (χ3v) is 3.22. The summed E-state index contributed by atoms with van der Waals surface area (Å²) in [5.41, 5.74) is 0.351. The second-order valence-electron chi connectivity index (χ2n) is 3.55. The maximum absolute atomic E-state index is 13.3. The van der Waals surface area contributed by atoms with E-state index in [0.717, 1.165) is 11.8 Å². The highest BCUT2D eigenvalue weighted by Crippen LogP contribution is 2.29. The molecule has 2 N–H and O–H groups in total. The van der Waals surface area contributed by atoms with Crippen LogP contribution in [0.2, 0.25) is 0 Å². The van der Waals surface area contributed by atoms with Crippen LogP contribution in [0.1, 0.15) is 11.4 Å². The van der Waals surface area contributed by atoms with Gasteiger partial charge in [0, 0.05) is 5.75 Å². The first-order valence-corrected chi connectivity index (χ1v) is 6.02. The normalized spacial score (nSPS) is 11.8. The summed E-state index contributed by atoms with van der Waals surface area (Å²) in [5.74, 6) is 3.64. The van der Waals surface area contributed by atoms with E-state index in [-0.39, 0.29) is 10.9 Å². The lowest BCUT2D eigenvalue weighted by Crippen LogP contribution is -2.21. The van der Waals surface area contributed by atoms with Gasteiger partial charge in [-0.15, -0.1) is 10.2 Å². The van der Waals surface area contributed by atoms with Crippen molar-refractivity contribution in [3.05, 3.63) is 41.5 Å². The van der Waals surface area contributed by atoms with Crippen molar-refractivity contribution in [2.75, 3.05) is 5.84 Å². The summed E-state index contributed by atoms with van der Waals surface area (Å²) in [6, 6.07) is 5.96. The quantitative estimate of drug-likeness (QED) is 0.536. The minimum atomic E-state index is -4.67. The Balaban J connectivity index is 2.13. The Morgan fingerprint density at radius 2 is 1.89 bits per heavy atom. The lowest BCUT2D eigenvalue weighted by molar-refractivity contribution is -0.146. The fourth-order valence-electron chi connectivity index (χ4n) is 1.33. The molecule has 0 spiro atoms. The van der Waals surface area contributed by atoms with Gasteiger partial charge in [-0.05, 0) is 11.6 Å². The topological polar surface area (TPSA) is 56.7 Å². The molecule has 0 fully saturated rings. The molecule has 4 nitrogen and oxygen atoms in total. The Labute approximate surface area is 109 Å². The van der Waals surface area contributed by atoms with Crippen molar-refractivity contribution in [3.8, 4) is 0 Å². The fraction of sp³-hybridized carbons (Fsp3) is 0.200. The highest BCUT2D eigenvalue weighted by Gasteiger charge is 2.38. The molecule has 9 heteroatoms. The molecular weight excluding hydrogens is 284 g/mol. The maximum Gasteiger partial charge on any atom is 0.453 e. The largest absolute Gasteiger partial charge is 0.453 e. The van der Waals surface area contributed by atoms with Crippen molar-refractivity contribution in [1.82, 2.24) is 14.9 Å². The van der Waals surface area contributed by atoms with Gasteiger partial charge in [0.1, 0.15) is 5.82 Å². The van der Waals surface area contributed by atoms with Crippen LogP contribution in [0.4, 0.5) is 17.6 Å². The summed E-state index contributed by atoms with van der Waals surface area (Å²) in [5, 5.41) is 6.18.